The number of nitro benzene ring substituents is 1. The summed E-state index contributed by atoms with van der Waals surface area (Å²) in [4.78, 5) is 31.9. The second-order valence-corrected chi connectivity index (χ2v) is 3.31. The normalized spacial score (nSPS) is 9.47. The van der Waals surface area contributed by atoms with Gasteiger partial charge in [-0.2, -0.15) is 0 Å². The van der Waals surface area contributed by atoms with E-state index < -0.39 is 28.2 Å². The summed E-state index contributed by atoms with van der Waals surface area (Å²) < 4.78 is 4.62. The minimum atomic E-state index is -1.42. The van der Waals surface area contributed by atoms with Crippen LogP contribution in [0.5, 0.6) is 0 Å². The van der Waals surface area contributed by atoms with Gasteiger partial charge in [0.2, 0.25) is 0 Å². The highest BCUT2D eigenvalue weighted by Gasteiger charge is 2.20. The Hall–Kier alpha value is -2.90. The highest BCUT2D eigenvalue weighted by molar-refractivity contribution is 5.94. The van der Waals surface area contributed by atoms with Gasteiger partial charge in [-0.3, -0.25) is 15.4 Å². The van der Waals surface area contributed by atoms with Gasteiger partial charge in [0.25, 0.3) is 5.69 Å². The van der Waals surface area contributed by atoms with E-state index in [1.54, 1.807) is 0 Å². The molecule has 0 saturated heterocycles. The number of aromatic carboxylic acids is 1. The van der Waals surface area contributed by atoms with E-state index in [0.717, 1.165) is 12.1 Å². The smallest absolute Gasteiger partial charge is 0.411 e. The molecule has 0 bridgehead atoms. The monoisotopic (exact) mass is 266 g/mol. The molecule has 0 heterocycles. The Bertz CT molecular complexity index is 540. The van der Waals surface area contributed by atoms with Crippen LogP contribution in [0.2, 0.25) is 0 Å². The first kappa shape index (κ1) is 14.2. The molecule has 0 atom stereocenters. The van der Waals surface area contributed by atoms with Crippen molar-refractivity contribution in [1.82, 2.24) is 0 Å². The number of nitro groups is 1. The van der Waals surface area contributed by atoms with Crippen LogP contribution < -0.4 is 5.32 Å². The summed E-state index contributed by atoms with van der Waals surface area (Å²) in [6, 6.07) is 3.20. The molecule has 0 aliphatic rings. The maximum absolute atomic E-state index is 11.2. The molecule has 2 N–H and O–H groups in total. The van der Waals surface area contributed by atoms with Crippen LogP contribution in [0.3, 0.4) is 0 Å². The van der Waals surface area contributed by atoms with E-state index in [1.807, 2.05) is 0 Å². The highest BCUT2D eigenvalue weighted by Crippen LogP contribution is 2.23. The van der Waals surface area contributed by atoms with Crippen molar-refractivity contribution in [1.29, 1.82) is 0 Å². The van der Waals surface area contributed by atoms with Gasteiger partial charge >= 0.3 is 12.1 Å². The van der Waals surface area contributed by atoms with Crippen LogP contribution in [-0.2, 0) is 4.74 Å². The summed E-state index contributed by atoms with van der Waals surface area (Å²) in [6.45, 7) is 3.34. The lowest BCUT2D eigenvalue weighted by Crippen LogP contribution is -2.14. The lowest BCUT2D eigenvalue weighted by atomic mass is 10.1. The summed E-state index contributed by atoms with van der Waals surface area (Å²) in [7, 11) is 0. The molecule has 19 heavy (non-hydrogen) atoms. The fraction of sp³-hybridized carbons (Fsp3) is 0.0909. The van der Waals surface area contributed by atoms with Crippen molar-refractivity contribution in [2.45, 2.75) is 0 Å². The molecule has 8 nitrogen and oxygen atoms in total. The Balaban J connectivity index is 2.96. The van der Waals surface area contributed by atoms with E-state index in [4.69, 9.17) is 5.11 Å². The third-order valence-corrected chi connectivity index (χ3v) is 2.00. The first-order chi connectivity index (χ1) is 8.95. The molecule has 8 heteroatoms. The van der Waals surface area contributed by atoms with Gasteiger partial charge < -0.3 is 9.84 Å². The fourth-order valence-corrected chi connectivity index (χ4v) is 1.23. The van der Waals surface area contributed by atoms with E-state index in [0.29, 0.717) is 0 Å². The number of anilines is 1. The first-order valence-corrected chi connectivity index (χ1v) is 5.02. The lowest BCUT2D eigenvalue weighted by Gasteiger charge is -2.06. The average Bonchev–Trinajstić information content (AvgIpc) is 2.35. The number of ether oxygens (including phenoxy) is 1. The summed E-state index contributed by atoms with van der Waals surface area (Å²) in [5.74, 6) is -1.42. The minimum absolute atomic E-state index is 0.0128. The maximum Gasteiger partial charge on any atom is 0.411 e. The van der Waals surface area contributed by atoms with Crippen LogP contribution in [-0.4, -0.2) is 28.7 Å². The number of hydrogen-bond donors (Lipinski definition) is 2. The fourth-order valence-electron chi connectivity index (χ4n) is 1.23. The SMILES string of the molecule is C=CCOC(=O)Nc1ccc(C(=O)O)c([N+](=O)[O-])c1. The highest BCUT2D eigenvalue weighted by atomic mass is 16.6. The molecule has 0 fully saturated rings. The quantitative estimate of drug-likeness (QED) is 0.478. The van der Waals surface area contributed by atoms with Crippen LogP contribution in [0.25, 0.3) is 0 Å². The number of benzene rings is 1. The molecule has 1 rings (SSSR count). The molecule has 0 unspecified atom stereocenters. The number of nitrogens with zero attached hydrogens (tertiary/aromatic N) is 1. The third-order valence-electron chi connectivity index (χ3n) is 2.00. The van der Waals surface area contributed by atoms with Crippen molar-refractivity contribution >= 4 is 23.4 Å². The van der Waals surface area contributed by atoms with Gasteiger partial charge in [-0.15, -0.1) is 0 Å². The number of nitrogens with one attached hydrogen (secondary N) is 1. The topological polar surface area (TPSA) is 119 Å². The van der Waals surface area contributed by atoms with Gasteiger partial charge in [-0.05, 0) is 12.1 Å². The van der Waals surface area contributed by atoms with Crippen LogP contribution in [0.4, 0.5) is 16.2 Å². The van der Waals surface area contributed by atoms with E-state index in [1.165, 1.54) is 12.1 Å². The standard InChI is InChI=1S/C11H10N2O6/c1-2-5-19-11(16)12-7-3-4-8(10(14)15)9(6-7)13(17)18/h2-4,6H,1,5H2,(H,12,16)(H,14,15). The number of hydrogen-bond acceptors (Lipinski definition) is 5. The van der Waals surface area contributed by atoms with Gasteiger partial charge in [-0.25, -0.2) is 9.59 Å². The molecule has 100 valence electrons. The molecule has 0 aromatic heterocycles. The van der Waals surface area contributed by atoms with Crippen molar-refractivity contribution in [2.75, 3.05) is 11.9 Å². The van der Waals surface area contributed by atoms with Crippen LogP contribution in [0.15, 0.2) is 30.9 Å². The van der Waals surface area contributed by atoms with Crippen molar-refractivity contribution in [3.63, 3.8) is 0 Å². The Morgan fingerprint density at radius 3 is 2.74 bits per heavy atom. The predicted molar refractivity (Wildman–Crippen MR) is 65.2 cm³/mol. The summed E-state index contributed by atoms with van der Waals surface area (Å²) in [5, 5.41) is 21.7. The zero-order valence-electron chi connectivity index (χ0n) is 9.66. The van der Waals surface area contributed by atoms with Gasteiger partial charge in [-0.1, -0.05) is 12.7 Å². The number of amides is 1. The van der Waals surface area contributed by atoms with Crippen LogP contribution in [0.1, 0.15) is 10.4 Å². The number of carboxylic acids is 1. The number of carbonyl (C=O) groups is 2. The summed E-state index contributed by atoms with van der Waals surface area (Å²) in [6.07, 6.45) is 0.535. The zero-order valence-corrected chi connectivity index (χ0v) is 9.66. The van der Waals surface area contributed by atoms with Crippen LogP contribution in [0, 0.1) is 10.1 Å². The zero-order chi connectivity index (χ0) is 14.4. The van der Waals surface area contributed by atoms with Crippen molar-refractivity contribution in [3.05, 3.63) is 46.5 Å². The van der Waals surface area contributed by atoms with Gasteiger partial charge in [0.1, 0.15) is 12.2 Å². The molecular weight excluding hydrogens is 256 g/mol. The summed E-state index contributed by atoms with van der Waals surface area (Å²) >= 11 is 0. The van der Waals surface area contributed by atoms with Crippen molar-refractivity contribution < 1.29 is 24.4 Å². The second kappa shape index (κ2) is 6.15. The number of carboxylic acid groups (broad SMARTS) is 1. The van der Waals surface area contributed by atoms with Crippen molar-refractivity contribution in [3.8, 4) is 0 Å². The third kappa shape index (κ3) is 3.80. The van der Waals surface area contributed by atoms with E-state index in [-0.39, 0.29) is 12.3 Å². The Kier molecular flexibility index (Phi) is 4.58. The van der Waals surface area contributed by atoms with E-state index in [2.05, 4.69) is 16.6 Å². The molecular formula is C11H10N2O6. The molecule has 0 aliphatic carbocycles. The average molecular weight is 266 g/mol. The molecule has 0 aliphatic heterocycles. The molecule has 0 spiro atoms. The maximum atomic E-state index is 11.2. The molecule has 1 amide bonds. The molecule has 1 aromatic rings. The number of carbonyl (C=O) groups excluding carboxylic acids is 1. The Labute approximate surface area is 107 Å². The van der Waals surface area contributed by atoms with Crippen LogP contribution >= 0.6 is 0 Å². The molecule has 0 saturated carbocycles. The lowest BCUT2D eigenvalue weighted by molar-refractivity contribution is -0.385. The Morgan fingerprint density at radius 1 is 1.53 bits per heavy atom. The Morgan fingerprint density at radius 2 is 2.21 bits per heavy atom. The summed E-state index contributed by atoms with van der Waals surface area (Å²) in [5.41, 5.74) is -1.02. The van der Waals surface area contributed by atoms with Gasteiger partial charge in [0.15, 0.2) is 0 Å². The van der Waals surface area contributed by atoms with E-state index >= 15 is 0 Å². The number of rotatable bonds is 5. The van der Waals surface area contributed by atoms with Gasteiger partial charge in [0.05, 0.1) is 10.6 Å². The minimum Gasteiger partial charge on any atom is -0.477 e. The van der Waals surface area contributed by atoms with Crippen molar-refractivity contribution in [2.24, 2.45) is 0 Å². The van der Waals surface area contributed by atoms with Gasteiger partial charge in [0, 0.05) is 6.07 Å². The molecule has 1 aromatic carbocycles. The second-order valence-electron chi connectivity index (χ2n) is 3.31. The largest absolute Gasteiger partial charge is 0.477 e. The first-order valence-electron chi connectivity index (χ1n) is 5.02. The molecule has 0 radical (unpaired) electrons. The van der Waals surface area contributed by atoms with E-state index in [9.17, 15) is 19.7 Å². The predicted octanol–water partition coefficient (Wildman–Crippen LogP) is 2.03.